The maximum Gasteiger partial charge on any atom is 0.187 e. The van der Waals surface area contributed by atoms with Crippen LogP contribution in [0.15, 0.2) is 11.6 Å². The molecule has 8 rings (SSSR count). The normalized spacial score (nSPS) is 54.7. The van der Waals surface area contributed by atoms with Crippen molar-refractivity contribution in [1.82, 2.24) is 0 Å². The van der Waals surface area contributed by atoms with Crippen LogP contribution in [0.25, 0.3) is 0 Å². The second kappa shape index (κ2) is 19.9. The standard InChI is InChI=1S/C48H78O19/c1-20(50)26-13-15-48(57)27-11-10-25-16-24(12-14-46(25,5)33(27)35(52)43(56)47(26,48)6)28-17-29(58-7)39(21(2)61-28)65-32-18-30(59-8)40(22(3)62-32)66-45-38(55)42(60-9)41(23(4)63-45)67-44-37(54)36(53)34(51)31(19-49)64-44/h10,21-24,26-45,49,51-57H,11-19H2,1-9H3/t21-,22-,23-,24+,26-,27-,28-,29+,30+,31-,32+,33-,34-,35+,36+,37-,38-,39-,40-,41-,42+,43?,44+,45+,46+,47+,48+/m1/s1. The first-order valence-electron chi connectivity index (χ1n) is 24.5. The van der Waals surface area contributed by atoms with Gasteiger partial charge in [0.05, 0.1) is 61.0 Å². The minimum absolute atomic E-state index is 0.0584. The molecular weight excluding hydrogens is 881 g/mol. The summed E-state index contributed by atoms with van der Waals surface area (Å²) in [5.41, 5.74) is -1.60. The monoisotopic (exact) mass is 959 g/mol. The molecule has 4 aliphatic heterocycles. The molecule has 0 aromatic carbocycles. The van der Waals surface area contributed by atoms with Crippen molar-refractivity contribution in [3.05, 3.63) is 11.6 Å². The molecule has 0 aromatic heterocycles. The molecule has 19 heteroatoms. The molecule has 7 fully saturated rings. The predicted octanol–water partition coefficient (Wildman–Crippen LogP) is 0.246. The van der Waals surface area contributed by atoms with E-state index in [4.69, 9.17) is 47.4 Å². The number of aliphatic hydroxyl groups excluding tert-OH is 7. The number of Topliss-reactive ketones (excluding diaryl/α,β-unsaturated/α-hetero) is 1. The third-order valence-electron chi connectivity index (χ3n) is 18.1. The number of ketones is 1. The van der Waals surface area contributed by atoms with E-state index in [1.54, 1.807) is 28.1 Å². The first kappa shape index (κ1) is 52.0. The Kier molecular flexibility index (Phi) is 15.5. The molecule has 0 aromatic rings. The van der Waals surface area contributed by atoms with E-state index >= 15 is 0 Å². The lowest BCUT2D eigenvalue weighted by atomic mass is 9.43. The number of rotatable bonds is 12. The van der Waals surface area contributed by atoms with E-state index in [1.807, 2.05) is 13.8 Å². The molecule has 8 aliphatic rings. The van der Waals surface area contributed by atoms with Gasteiger partial charge in [-0.15, -0.1) is 0 Å². The van der Waals surface area contributed by atoms with Gasteiger partial charge in [-0.2, -0.15) is 0 Å². The van der Waals surface area contributed by atoms with Crippen LogP contribution in [-0.2, 0) is 52.2 Å². The van der Waals surface area contributed by atoms with E-state index in [1.165, 1.54) is 19.6 Å². The number of aliphatic hydroxyl groups is 8. The van der Waals surface area contributed by atoms with Crippen molar-refractivity contribution in [1.29, 1.82) is 0 Å². The Bertz CT molecular complexity index is 1750. The van der Waals surface area contributed by atoms with Crippen LogP contribution < -0.4 is 0 Å². The number of fused-ring (bicyclic) bond motifs is 5. The summed E-state index contributed by atoms with van der Waals surface area (Å²) in [5, 5.41) is 88.3. The zero-order chi connectivity index (χ0) is 48.7. The highest BCUT2D eigenvalue weighted by Crippen LogP contribution is 2.68. The lowest BCUT2D eigenvalue weighted by molar-refractivity contribution is -0.372. The number of hydrogen-bond acceptors (Lipinski definition) is 19. The van der Waals surface area contributed by atoms with E-state index in [2.05, 4.69) is 13.0 Å². The molecule has 0 radical (unpaired) electrons. The van der Waals surface area contributed by atoms with Gasteiger partial charge in [0.1, 0.15) is 60.7 Å². The van der Waals surface area contributed by atoms with Gasteiger partial charge in [0.15, 0.2) is 18.9 Å². The molecule has 4 saturated heterocycles. The first-order chi connectivity index (χ1) is 31.7. The fraction of sp³-hybridized carbons (Fsp3) is 0.938. The summed E-state index contributed by atoms with van der Waals surface area (Å²) in [6.45, 7) is 10.3. The lowest BCUT2D eigenvalue weighted by Gasteiger charge is -2.64. The minimum atomic E-state index is -1.66. The predicted molar refractivity (Wildman–Crippen MR) is 233 cm³/mol. The van der Waals surface area contributed by atoms with Crippen LogP contribution in [0.3, 0.4) is 0 Å². The first-order valence-corrected chi connectivity index (χ1v) is 24.5. The zero-order valence-corrected chi connectivity index (χ0v) is 40.4. The van der Waals surface area contributed by atoms with Crippen LogP contribution in [0.5, 0.6) is 0 Å². The van der Waals surface area contributed by atoms with Gasteiger partial charge < -0.3 is 88.2 Å². The second-order valence-corrected chi connectivity index (χ2v) is 21.4. The Morgan fingerprint density at radius 2 is 1.34 bits per heavy atom. The highest BCUT2D eigenvalue weighted by atomic mass is 16.8. The molecule has 0 bridgehead atoms. The molecule has 8 N–H and O–H groups in total. The maximum atomic E-state index is 12.8. The number of carbonyl (C=O) groups excluding carboxylic acids is 1. The third kappa shape index (κ3) is 8.73. The summed E-state index contributed by atoms with van der Waals surface area (Å²) < 4.78 is 61.6. The van der Waals surface area contributed by atoms with Crippen molar-refractivity contribution in [3.63, 3.8) is 0 Å². The fourth-order valence-electron chi connectivity index (χ4n) is 14.2. The quantitative estimate of drug-likeness (QED) is 0.122. The number of ether oxygens (including phenoxy) is 10. The maximum absolute atomic E-state index is 12.8. The Morgan fingerprint density at radius 1 is 0.716 bits per heavy atom. The third-order valence-corrected chi connectivity index (χ3v) is 18.1. The fourth-order valence-corrected chi connectivity index (χ4v) is 14.2. The molecule has 384 valence electrons. The summed E-state index contributed by atoms with van der Waals surface area (Å²) >= 11 is 0. The van der Waals surface area contributed by atoms with Gasteiger partial charge in [-0.3, -0.25) is 4.79 Å². The number of methoxy groups -OCH3 is 3. The van der Waals surface area contributed by atoms with E-state index in [9.17, 15) is 45.6 Å². The smallest absolute Gasteiger partial charge is 0.187 e. The summed E-state index contributed by atoms with van der Waals surface area (Å²) in [4.78, 5) is 12.8. The van der Waals surface area contributed by atoms with Gasteiger partial charge in [-0.25, -0.2) is 0 Å². The van der Waals surface area contributed by atoms with Crippen molar-refractivity contribution in [2.24, 2.45) is 34.5 Å². The van der Waals surface area contributed by atoms with Gasteiger partial charge in [-0.1, -0.05) is 25.5 Å². The highest BCUT2D eigenvalue weighted by molar-refractivity contribution is 5.80. The Morgan fingerprint density at radius 3 is 2.00 bits per heavy atom. The van der Waals surface area contributed by atoms with Crippen LogP contribution >= 0.6 is 0 Å². The van der Waals surface area contributed by atoms with Crippen molar-refractivity contribution >= 4 is 5.78 Å². The van der Waals surface area contributed by atoms with Crippen LogP contribution in [0.4, 0.5) is 0 Å². The molecule has 4 heterocycles. The van der Waals surface area contributed by atoms with Crippen LogP contribution in [0, 0.1) is 34.5 Å². The molecule has 19 nitrogen and oxygen atoms in total. The summed E-state index contributed by atoms with van der Waals surface area (Å²) in [7, 11) is 4.59. The highest BCUT2D eigenvalue weighted by Gasteiger charge is 2.73. The number of allylic oxidation sites excluding steroid dienone is 2. The Hall–Kier alpha value is -1.31. The molecule has 1 unspecified atom stereocenters. The summed E-state index contributed by atoms with van der Waals surface area (Å²) in [6.07, 6.45) is -12.3. The van der Waals surface area contributed by atoms with Crippen molar-refractivity contribution in [2.45, 2.75) is 221 Å². The van der Waals surface area contributed by atoms with Crippen LogP contribution in [-0.4, -0.2) is 203 Å². The van der Waals surface area contributed by atoms with Crippen LogP contribution in [0.2, 0.25) is 0 Å². The SMILES string of the molecule is CO[C@H]1[C@@H](O)[C@H](O[C@H]2[C@@H](OC)C[C@H](O[C@H]3[C@@H](OC)C[C@H]([C@H]4CC[C@@]5(C)C(=CC[C@@H]6[C@@H]5[C@H](O)C(O)[C@]5(C)[C@@H](C(C)=O)CC[C@]65O)C4)O[C@@H]3C)O[C@@H]2C)O[C@H](C)[C@H]1O[C@@H]1O[C@H](CO)[C@@H](O)[C@H](O)[C@H]1O. The van der Waals surface area contributed by atoms with Crippen LogP contribution in [0.1, 0.15) is 92.9 Å². The van der Waals surface area contributed by atoms with E-state index in [-0.39, 0.29) is 48.3 Å². The summed E-state index contributed by atoms with van der Waals surface area (Å²) in [5.74, 6) is -1.03. The minimum Gasteiger partial charge on any atom is -0.394 e. The zero-order valence-electron chi connectivity index (χ0n) is 40.4. The van der Waals surface area contributed by atoms with E-state index in [0.717, 1.165) is 19.3 Å². The van der Waals surface area contributed by atoms with Gasteiger partial charge in [0.25, 0.3) is 0 Å². The number of carbonyl (C=O) groups is 1. The average molecular weight is 959 g/mol. The Balaban J connectivity index is 0.877. The van der Waals surface area contributed by atoms with Gasteiger partial charge >= 0.3 is 0 Å². The average Bonchev–Trinajstić information content (AvgIpc) is 3.59. The molecule has 67 heavy (non-hydrogen) atoms. The van der Waals surface area contributed by atoms with E-state index in [0.29, 0.717) is 25.7 Å². The molecule has 4 aliphatic carbocycles. The summed E-state index contributed by atoms with van der Waals surface area (Å²) in [6, 6.07) is 0. The molecule has 3 saturated carbocycles. The Labute approximate surface area is 393 Å². The van der Waals surface area contributed by atoms with E-state index < -0.39 is 133 Å². The topological polar surface area (TPSA) is 271 Å². The molecule has 0 amide bonds. The number of hydrogen-bond donors (Lipinski definition) is 8. The van der Waals surface area contributed by atoms with Gasteiger partial charge in [0.2, 0.25) is 0 Å². The lowest BCUT2D eigenvalue weighted by Crippen LogP contribution is -2.71. The molecule has 27 atom stereocenters. The van der Waals surface area contributed by atoms with Crippen molar-refractivity contribution in [3.8, 4) is 0 Å². The van der Waals surface area contributed by atoms with Gasteiger partial charge in [-0.05, 0) is 83.5 Å². The molecule has 0 spiro atoms. The van der Waals surface area contributed by atoms with Crippen molar-refractivity contribution in [2.75, 3.05) is 27.9 Å². The van der Waals surface area contributed by atoms with Gasteiger partial charge in [0, 0.05) is 51.4 Å². The largest absolute Gasteiger partial charge is 0.394 e. The van der Waals surface area contributed by atoms with Crippen molar-refractivity contribution < 1.29 is 93.0 Å². The second-order valence-electron chi connectivity index (χ2n) is 21.4. The molecular formula is C48H78O19.